The van der Waals surface area contributed by atoms with E-state index in [2.05, 4.69) is 10.3 Å². The highest BCUT2D eigenvalue weighted by atomic mass is 32.1. The standard InChI is InChI=1S/C18H16N4O2S/c19-17-15-7-8-24-18(15)20-11-22(17)13-5-3-12(4-6-13)21-16(23)10-14-2-1-9-25-14/h1-9,11,17H,10,19H2,(H,21,23). The Hall–Kier alpha value is -2.90. The molecule has 0 aliphatic carbocycles. The zero-order valence-electron chi connectivity index (χ0n) is 13.3. The lowest BCUT2D eigenvalue weighted by Crippen LogP contribution is -2.35. The molecule has 0 spiro atoms. The minimum absolute atomic E-state index is 0.0329. The topological polar surface area (TPSA) is 83.9 Å². The normalized spacial score (nSPS) is 15.9. The number of furan rings is 1. The number of nitrogens with one attached hydrogen (secondary N) is 1. The van der Waals surface area contributed by atoms with Gasteiger partial charge in [0.15, 0.2) is 0 Å². The summed E-state index contributed by atoms with van der Waals surface area (Å²) < 4.78 is 5.27. The Balaban J connectivity index is 1.44. The van der Waals surface area contributed by atoms with E-state index in [0.717, 1.165) is 21.8 Å². The van der Waals surface area contributed by atoms with Gasteiger partial charge in [-0.1, -0.05) is 6.07 Å². The van der Waals surface area contributed by atoms with Gasteiger partial charge in [0.25, 0.3) is 0 Å². The number of rotatable bonds is 4. The van der Waals surface area contributed by atoms with E-state index in [1.54, 1.807) is 23.9 Å². The molecule has 25 heavy (non-hydrogen) atoms. The van der Waals surface area contributed by atoms with E-state index in [9.17, 15) is 4.79 Å². The lowest BCUT2D eigenvalue weighted by atomic mass is 10.2. The third-order valence-corrected chi connectivity index (χ3v) is 4.83. The van der Waals surface area contributed by atoms with Crippen LogP contribution in [0.5, 0.6) is 0 Å². The van der Waals surface area contributed by atoms with Crippen LogP contribution in [-0.4, -0.2) is 12.2 Å². The van der Waals surface area contributed by atoms with Crippen LogP contribution in [-0.2, 0) is 11.2 Å². The first-order chi connectivity index (χ1) is 12.2. The van der Waals surface area contributed by atoms with Crippen molar-refractivity contribution in [3.8, 4) is 0 Å². The molecule has 3 heterocycles. The average Bonchev–Trinajstić information content (AvgIpc) is 3.28. The Bertz CT molecular complexity index is 900. The molecule has 126 valence electrons. The fourth-order valence-electron chi connectivity index (χ4n) is 2.70. The first kappa shape index (κ1) is 15.6. The van der Waals surface area contributed by atoms with Crippen LogP contribution in [0.15, 0.2) is 63.5 Å². The van der Waals surface area contributed by atoms with Gasteiger partial charge >= 0.3 is 0 Å². The van der Waals surface area contributed by atoms with Gasteiger partial charge in [-0.05, 0) is 41.8 Å². The number of carbonyl (C=O) groups excluding carboxylic acids is 1. The zero-order chi connectivity index (χ0) is 17.2. The van der Waals surface area contributed by atoms with Crippen LogP contribution < -0.4 is 16.0 Å². The lowest BCUT2D eigenvalue weighted by molar-refractivity contribution is -0.115. The summed E-state index contributed by atoms with van der Waals surface area (Å²) in [6, 6.07) is 13.2. The smallest absolute Gasteiger partial charge is 0.229 e. The van der Waals surface area contributed by atoms with E-state index >= 15 is 0 Å². The highest BCUT2D eigenvalue weighted by Gasteiger charge is 2.24. The van der Waals surface area contributed by atoms with Gasteiger partial charge in [-0.15, -0.1) is 11.3 Å². The van der Waals surface area contributed by atoms with E-state index < -0.39 is 0 Å². The number of nitrogens with zero attached hydrogens (tertiary/aromatic N) is 2. The summed E-state index contributed by atoms with van der Waals surface area (Å²) in [5, 5.41) is 4.87. The number of amides is 1. The van der Waals surface area contributed by atoms with E-state index in [0.29, 0.717) is 12.3 Å². The quantitative estimate of drug-likeness (QED) is 0.750. The zero-order valence-corrected chi connectivity index (χ0v) is 14.1. The Morgan fingerprint density at radius 3 is 2.88 bits per heavy atom. The molecule has 0 saturated heterocycles. The Morgan fingerprint density at radius 2 is 2.12 bits per heavy atom. The van der Waals surface area contributed by atoms with Crippen molar-refractivity contribution in [2.75, 3.05) is 10.2 Å². The van der Waals surface area contributed by atoms with E-state index in [1.807, 2.05) is 52.7 Å². The van der Waals surface area contributed by atoms with Crippen LogP contribution in [0.4, 0.5) is 17.3 Å². The van der Waals surface area contributed by atoms with E-state index in [4.69, 9.17) is 10.2 Å². The molecule has 0 radical (unpaired) electrons. The van der Waals surface area contributed by atoms with Crippen molar-refractivity contribution in [1.29, 1.82) is 0 Å². The average molecular weight is 352 g/mol. The molecule has 0 saturated carbocycles. The molecule has 1 amide bonds. The maximum Gasteiger partial charge on any atom is 0.229 e. The van der Waals surface area contributed by atoms with Crippen LogP contribution in [0.3, 0.4) is 0 Å². The molecule has 0 fully saturated rings. The van der Waals surface area contributed by atoms with Gasteiger partial charge in [0, 0.05) is 16.3 Å². The lowest BCUT2D eigenvalue weighted by Gasteiger charge is -2.29. The molecule has 1 aliphatic heterocycles. The molecule has 1 atom stereocenters. The van der Waals surface area contributed by atoms with Gasteiger partial charge < -0.3 is 20.4 Å². The predicted octanol–water partition coefficient (Wildman–Crippen LogP) is 3.66. The number of nitrogens with two attached hydrogens (primary N) is 1. The molecule has 7 heteroatoms. The van der Waals surface area contributed by atoms with Crippen LogP contribution in [0.25, 0.3) is 0 Å². The molecule has 3 aromatic rings. The molecule has 6 nitrogen and oxygen atoms in total. The maximum atomic E-state index is 12.1. The summed E-state index contributed by atoms with van der Waals surface area (Å²) in [7, 11) is 0. The molecule has 1 aromatic carbocycles. The molecule has 4 rings (SSSR count). The maximum absolute atomic E-state index is 12.1. The molecular formula is C18H16N4O2S. The van der Waals surface area contributed by atoms with Gasteiger partial charge in [-0.3, -0.25) is 4.79 Å². The SMILES string of the molecule is NC1c2ccoc2N=CN1c1ccc(NC(=O)Cc2cccs2)cc1. The third kappa shape index (κ3) is 3.19. The van der Waals surface area contributed by atoms with Gasteiger partial charge in [0.1, 0.15) is 12.5 Å². The van der Waals surface area contributed by atoms with Gasteiger partial charge in [0.05, 0.1) is 18.2 Å². The number of aliphatic imine (C=N–C) groups is 1. The molecular weight excluding hydrogens is 336 g/mol. The van der Waals surface area contributed by atoms with Crippen molar-refractivity contribution in [2.45, 2.75) is 12.6 Å². The number of hydrogen-bond acceptors (Lipinski definition) is 6. The van der Waals surface area contributed by atoms with Crippen LogP contribution in [0.2, 0.25) is 0 Å². The summed E-state index contributed by atoms with van der Waals surface area (Å²) in [6.45, 7) is 0. The molecule has 0 bridgehead atoms. The number of carbonyl (C=O) groups is 1. The number of fused-ring (bicyclic) bond motifs is 1. The Morgan fingerprint density at radius 1 is 1.28 bits per heavy atom. The summed E-state index contributed by atoms with van der Waals surface area (Å²) in [4.78, 5) is 19.2. The number of thiophene rings is 1. The second-order valence-corrected chi connectivity index (χ2v) is 6.66. The fraction of sp³-hybridized carbons (Fsp3) is 0.111. The summed E-state index contributed by atoms with van der Waals surface area (Å²) >= 11 is 1.57. The first-order valence-electron chi connectivity index (χ1n) is 7.78. The molecule has 3 N–H and O–H groups in total. The van der Waals surface area contributed by atoms with Crippen LogP contribution in [0.1, 0.15) is 16.6 Å². The summed E-state index contributed by atoms with van der Waals surface area (Å²) in [6.07, 6.45) is 3.26. The van der Waals surface area contributed by atoms with Crippen molar-refractivity contribution in [1.82, 2.24) is 0 Å². The minimum Gasteiger partial charge on any atom is -0.446 e. The van der Waals surface area contributed by atoms with Crippen molar-refractivity contribution < 1.29 is 9.21 Å². The number of hydrogen-bond donors (Lipinski definition) is 2. The summed E-state index contributed by atoms with van der Waals surface area (Å²) in [5.41, 5.74) is 8.75. The predicted molar refractivity (Wildman–Crippen MR) is 99.4 cm³/mol. The van der Waals surface area contributed by atoms with Crippen molar-refractivity contribution >= 4 is 40.8 Å². The van der Waals surface area contributed by atoms with Crippen molar-refractivity contribution in [2.24, 2.45) is 10.7 Å². The Kier molecular flexibility index (Phi) is 4.09. The van der Waals surface area contributed by atoms with E-state index in [1.165, 1.54) is 0 Å². The molecule has 1 aliphatic rings. The van der Waals surface area contributed by atoms with Gasteiger partial charge in [-0.25, -0.2) is 4.99 Å². The highest BCUT2D eigenvalue weighted by Crippen LogP contribution is 2.33. The van der Waals surface area contributed by atoms with Crippen molar-refractivity contribution in [3.05, 3.63) is 64.5 Å². The second-order valence-electron chi connectivity index (χ2n) is 5.63. The summed E-state index contributed by atoms with van der Waals surface area (Å²) in [5.74, 6) is 0.510. The highest BCUT2D eigenvalue weighted by molar-refractivity contribution is 7.10. The van der Waals surface area contributed by atoms with Crippen molar-refractivity contribution in [3.63, 3.8) is 0 Å². The minimum atomic E-state index is -0.356. The largest absolute Gasteiger partial charge is 0.446 e. The fourth-order valence-corrected chi connectivity index (χ4v) is 3.40. The first-order valence-corrected chi connectivity index (χ1v) is 8.66. The van der Waals surface area contributed by atoms with Crippen LogP contribution >= 0.6 is 11.3 Å². The Labute approximate surface area is 148 Å². The van der Waals surface area contributed by atoms with E-state index in [-0.39, 0.29) is 12.1 Å². The third-order valence-electron chi connectivity index (χ3n) is 3.96. The second kappa shape index (κ2) is 6.54. The van der Waals surface area contributed by atoms with Gasteiger partial charge in [0.2, 0.25) is 11.8 Å². The number of anilines is 2. The van der Waals surface area contributed by atoms with Crippen LogP contribution in [0, 0.1) is 0 Å². The molecule has 1 unspecified atom stereocenters. The number of benzene rings is 1. The molecule has 2 aromatic heterocycles. The van der Waals surface area contributed by atoms with Gasteiger partial charge in [-0.2, -0.15) is 0 Å². The monoisotopic (exact) mass is 352 g/mol.